The SMILES string of the molecule is CC(C)=CC(=O)C[C@@H](C)[C@H]1CC[C@@]2(C)[C@@H]3C(=O)C=C4[C@@H](CC[C@H](O)[C@]4(C)CO)[C@]3(C)CC[C@]12C. The molecule has 0 aromatic heterocycles. The second kappa shape index (κ2) is 8.40. The first-order valence-corrected chi connectivity index (χ1v) is 13.5. The molecular weight excluding hydrogens is 424 g/mol. The summed E-state index contributed by atoms with van der Waals surface area (Å²) in [6.45, 7) is 15.1. The van der Waals surface area contributed by atoms with Crippen LogP contribution < -0.4 is 0 Å². The van der Waals surface area contributed by atoms with Crippen LogP contribution >= 0.6 is 0 Å². The lowest BCUT2D eigenvalue weighted by Crippen LogP contribution is -2.62. The quantitative estimate of drug-likeness (QED) is 0.508. The zero-order chi connectivity index (χ0) is 25.3. The molecular formula is C30H46O4. The first-order chi connectivity index (χ1) is 15.7. The van der Waals surface area contributed by atoms with Crippen molar-refractivity contribution in [1.29, 1.82) is 0 Å². The molecule has 34 heavy (non-hydrogen) atoms. The maximum atomic E-state index is 14.0. The summed E-state index contributed by atoms with van der Waals surface area (Å²) < 4.78 is 0. The fourth-order valence-electron chi connectivity index (χ4n) is 9.37. The molecule has 4 heteroatoms. The van der Waals surface area contributed by atoms with E-state index in [1.54, 1.807) is 6.08 Å². The Labute approximate surface area is 206 Å². The van der Waals surface area contributed by atoms with Gasteiger partial charge in [0.1, 0.15) is 0 Å². The van der Waals surface area contributed by atoms with Crippen LogP contribution in [0.3, 0.4) is 0 Å². The van der Waals surface area contributed by atoms with Crippen molar-refractivity contribution in [3.05, 3.63) is 23.3 Å². The molecule has 0 saturated heterocycles. The summed E-state index contributed by atoms with van der Waals surface area (Å²) in [5.41, 5.74) is 1.07. The predicted molar refractivity (Wildman–Crippen MR) is 135 cm³/mol. The first kappa shape index (κ1) is 25.8. The van der Waals surface area contributed by atoms with Crippen molar-refractivity contribution >= 4 is 11.6 Å². The third-order valence-electron chi connectivity index (χ3n) is 11.4. The summed E-state index contributed by atoms with van der Waals surface area (Å²) in [6, 6.07) is 0. The number of hydrogen-bond donors (Lipinski definition) is 2. The molecule has 0 heterocycles. The van der Waals surface area contributed by atoms with Crippen LogP contribution in [-0.4, -0.2) is 34.5 Å². The largest absolute Gasteiger partial charge is 0.395 e. The van der Waals surface area contributed by atoms with Gasteiger partial charge in [-0.25, -0.2) is 0 Å². The van der Waals surface area contributed by atoms with Crippen molar-refractivity contribution in [3.63, 3.8) is 0 Å². The number of fused-ring (bicyclic) bond motifs is 5. The Bertz CT molecular complexity index is 928. The van der Waals surface area contributed by atoms with E-state index < -0.39 is 11.5 Å². The van der Waals surface area contributed by atoms with Gasteiger partial charge in [-0.15, -0.1) is 0 Å². The number of rotatable bonds is 5. The molecule has 190 valence electrons. The average Bonchev–Trinajstić information content (AvgIpc) is 3.01. The summed E-state index contributed by atoms with van der Waals surface area (Å²) in [5.74, 6) is 1.34. The zero-order valence-electron chi connectivity index (χ0n) is 22.4. The van der Waals surface area contributed by atoms with Crippen molar-refractivity contribution in [2.24, 2.45) is 45.3 Å². The highest BCUT2D eigenvalue weighted by Gasteiger charge is 2.69. The highest BCUT2D eigenvalue weighted by atomic mass is 16.3. The van der Waals surface area contributed by atoms with Gasteiger partial charge < -0.3 is 10.2 Å². The van der Waals surface area contributed by atoms with E-state index >= 15 is 0 Å². The Hall–Kier alpha value is -1.26. The van der Waals surface area contributed by atoms with Crippen LogP contribution in [0.4, 0.5) is 0 Å². The maximum Gasteiger partial charge on any atom is 0.159 e. The molecule has 0 radical (unpaired) electrons. The number of aliphatic hydroxyl groups excluding tert-OH is 2. The third kappa shape index (κ3) is 3.45. The molecule has 3 saturated carbocycles. The molecule has 0 unspecified atom stereocenters. The van der Waals surface area contributed by atoms with Gasteiger partial charge >= 0.3 is 0 Å². The van der Waals surface area contributed by atoms with E-state index in [4.69, 9.17) is 0 Å². The van der Waals surface area contributed by atoms with E-state index in [1.165, 1.54) is 0 Å². The van der Waals surface area contributed by atoms with E-state index in [0.29, 0.717) is 24.7 Å². The van der Waals surface area contributed by atoms with E-state index in [2.05, 4.69) is 27.7 Å². The number of hydrogen-bond acceptors (Lipinski definition) is 4. The summed E-state index contributed by atoms with van der Waals surface area (Å²) >= 11 is 0. The van der Waals surface area contributed by atoms with Crippen LogP contribution in [0.5, 0.6) is 0 Å². The van der Waals surface area contributed by atoms with Gasteiger partial charge in [0.05, 0.1) is 12.7 Å². The topological polar surface area (TPSA) is 74.6 Å². The summed E-state index contributed by atoms with van der Waals surface area (Å²) in [5, 5.41) is 21.0. The smallest absolute Gasteiger partial charge is 0.159 e. The second-order valence-corrected chi connectivity index (χ2v) is 13.5. The number of allylic oxidation sites excluding steroid dienone is 3. The van der Waals surface area contributed by atoms with Crippen LogP contribution in [0, 0.1) is 45.3 Å². The molecule has 0 aromatic carbocycles. The molecule has 0 spiro atoms. The summed E-state index contributed by atoms with van der Waals surface area (Å²) in [6.07, 6.45) is 9.30. The molecule has 4 aliphatic carbocycles. The van der Waals surface area contributed by atoms with Crippen molar-refractivity contribution in [2.75, 3.05) is 6.61 Å². The molecule has 9 atom stereocenters. The lowest BCUT2D eigenvalue weighted by molar-refractivity contribution is -0.166. The fraction of sp³-hybridized carbons (Fsp3) is 0.800. The van der Waals surface area contributed by atoms with Crippen LogP contribution in [0.25, 0.3) is 0 Å². The number of carbonyl (C=O) groups excluding carboxylic acids is 2. The normalized spacial score (nSPS) is 46.6. The predicted octanol–water partition coefficient (Wildman–Crippen LogP) is 5.67. The Kier molecular flexibility index (Phi) is 6.38. The van der Waals surface area contributed by atoms with Crippen molar-refractivity contribution < 1.29 is 19.8 Å². The van der Waals surface area contributed by atoms with E-state index in [9.17, 15) is 19.8 Å². The van der Waals surface area contributed by atoms with Gasteiger partial charge in [-0.2, -0.15) is 0 Å². The van der Waals surface area contributed by atoms with Gasteiger partial charge in [0.25, 0.3) is 0 Å². The summed E-state index contributed by atoms with van der Waals surface area (Å²) in [4.78, 5) is 26.6. The molecule has 3 fully saturated rings. The minimum absolute atomic E-state index is 0.0251. The molecule has 4 nitrogen and oxygen atoms in total. The fourth-order valence-corrected chi connectivity index (χ4v) is 9.37. The Morgan fingerprint density at radius 1 is 1.09 bits per heavy atom. The Morgan fingerprint density at radius 3 is 2.38 bits per heavy atom. The average molecular weight is 471 g/mol. The van der Waals surface area contributed by atoms with Gasteiger partial charge in [-0.05, 0) is 98.5 Å². The zero-order valence-corrected chi connectivity index (χ0v) is 22.4. The molecule has 0 aromatic rings. The highest BCUT2D eigenvalue weighted by Crippen LogP contribution is 2.74. The molecule has 4 aliphatic rings. The number of aliphatic hydroxyl groups is 2. The Morgan fingerprint density at radius 2 is 1.76 bits per heavy atom. The molecule has 0 aliphatic heterocycles. The molecule has 0 bridgehead atoms. The highest BCUT2D eigenvalue weighted by molar-refractivity contribution is 5.95. The van der Waals surface area contributed by atoms with E-state index in [-0.39, 0.29) is 46.3 Å². The van der Waals surface area contributed by atoms with Gasteiger partial charge in [0.15, 0.2) is 11.6 Å². The van der Waals surface area contributed by atoms with E-state index in [1.807, 2.05) is 26.8 Å². The minimum atomic E-state index is -0.730. The first-order valence-electron chi connectivity index (χ1n) is 13.5. The van der Waals surface area contributed by atoms with Crippen LogP contribution in [0.2, 0.25) is 0 Å². The summed E-state index contributed by atoms with van der Waals surface area (Å²) in [7, 11) is 0. The van der Waals surface area contributed by atoms with Gasteiger partial charge in [-0.3, -0.25) is 9.59 Å². The van der Waals surface area contributed by atoms with Gasteiger partial charge in [0, 0.05) is 17.8 Å². The van der Waals surface area contributed by atoms with Crippen LogP contribution in [0.1, 0.15) is 93.4 Å². The maximum absolute atomic E-state index is 14.0. The monoisotopic (exact) mass is 470 g/mol. The standard InChI is InChI=1S/C30H46O4/c1-18(2)14-20(32)15-19(3)21-10-11-30(7)26-24(33)16-23-22(8-9-25(34)28(23,5)17-31)27(26,4)12-13-29(21,30)6/h14,16,19,21-22,25-26,31,34H,8-13,15,17H2,1-7H3/t19-,21-,22-,25+,26-,27+,28-,29-,30+/m1/s1. The minimum Gasteiger partial charge on any atom is -0.395 e. The lowest BCUT2D eigenvalue weighted by atomic mass is 9.38. The van der Waals surface area contributed by atoms with Crippen LogP contribution in [-0.2, 0) is 9.59 Å². The number of carbonyl (C=O) groups is 2. The second-order valence-electron chi connectivity index (χ2n) is 13.5. The van der Waals surface area contributed by atoms with E-state index in [0.717, 1.165) is 43.3 Å². The molecule has 4 rings (SSSR count). The van der Waals surface area contributed by atoms with Crippen molar-refractivity contribution in [2.45, 2.75) is 99.5 Å². The van der Waals surface area contributed by atoms with Crippen molar-refractivity contribution in [1.82, 2.24) is 0 Å². The van der Waals surface area contributed by atoms with Gasteiger partial charge in [0.2, 0.25) is 0 Å². The van der Waals surface area contributed by atoms with Gasteiger partial charge in [-0.1, -0.05) is 45.8 Å². The van der Waals surface area contributed by atoms with Crippen LogP contribution in [0.15, 0.2) is 23.3 Å². The third-order valence-corrected chi connectivity index (χ3v) is 11.4. The molecule has 2 N–H and O–H groups in total. The Balaban J connectivity index is 1.70. The lowest BCUT2D eigenvalue weighted by Gasteiger charge is -2.65. The molecule has 0 amide bonds. The number of ketones is 2. The van der Waals surface area contributed by atoms with Crippen molar-refractivity contribution in [3.8, 4) is 0 Å².